The van der Waals surface area contributed by atoms with Crippen LogP contribution in [0.5, 0.6) is 0 Å². The lowest BCUT2D eigenvalue weighted by Crippen LogP contribution is -1.85. The minimum absolute atomic E-state index is 1.26. The van der Waals surface area contributed by atoms with E-state index >= 15 is 0 Å². The predicted molar refractivity (Wildman–Crippen MR) is 78.3 cm³/mol. The molecule has 0 spiro atoms. The molecule has 1 aromatic carbocycles. The lowest BCUT2D eigenvalue weighted by Gasteiger charge is -2.01. The topological polar surface area (TPSA) is 26.0 Å². The molecule has 0 amide bonds. The summed E-state index contributed by atoms with van der Waals surface area (Å²) in [6.07, 6.45) is 11.1. The van der Waals surface area contributed by atoms with Crippen molar-refractivity contribution in [3.05, 3.63) is 35.9 Å². The summed E-state index contributed by atoms with van der Waals surface area (Å²) in [6, 6.07) is 10.8. The second-order valence-corrected chi connectivity index (χ2v) is 4.36. The third kappa shape index (κ3) is 10.1. The monoisotopic (exact) mass is 235 g/mol. The highest BCUT2D eigenvalue weighted by atomic mass is 14.4. The molecule has 0 aromatic heterocycles. The SMILES string of the molecule is CCCCCCCCCc1ccccc1.CN. The first kappa shape index (κ1) is 16.2. The van der Waals surface area contributed by atoms with Crippen LogP contribution in [0.15, 0.2) is 30.3 Å². The lowest BCUT2D eigenvalue weighted by molar-refractivity contribution is 0.589. The van der Waals surface area contributed by atoms with Crippen LogP contribution in [0.2, 0.25) is 0 Å². The maximum absolute atomic E-state index is 4.50. The molecule has 0 aliphatic carbocycles. The Labute approximate surface area is 107 Å². The Morgan fingerprint density at radius 1 is 0.765 bits per heavy atom. The van der Waals surface area contributed by atoms with E-state index in [2.05, 4.69) is 43.0 Å². The van der Waals surface area contributed by atoms with Gasteiger partial charge in [-0.2, -0.15) is 0 Å². The molecule has 0 aliphatic heterocycles. The molecule has 1 nitrogen and oxygen atoms in total. The summed E-state index contributed by atoms with van der Waals surface area (Å²) < 4.78 is 0. The second-order valence-electron chi connectivity index (χ2n) is 4.36. The van der Waals surface area contributed by atoms with Crippen molar-refractivity contribution in [2.45, 2.75) is 58.3 Å². The lowest BCUT2D eigenvalue weighted by atomic mass is 10.0. The molecule has 1 aromatic rings. The molecule has 0 bridgehead atoms. The minimum atomic E-state index is 1.26. The average molecular weight is 235 g/mol. The van der Waals surface area contributed by atoms with Gasteiger partial charge in [0.2, 0.25) is 0 Å². The highest BCUT2D eigenvalue weighted by Gasteiger charge is 1.92. The molecule has 0 saturated carbocycles. The van der Waals surface area contributed by atoms with Crippen molar-refractivity contribution >= 4 is 0 Å². The van der Waals surface area contributed by atoms with Crippen molar-refractivity contribution in [1.29, 1.82) is 0 Å². The van der Waals surface area contributed by atoms with Crippen LogP contribution < -0.4 is 5.73 Å². The van der Waals surface area contributed by atoms with Crippen LogP contribution in [0.4, 0.5) is 0 Å². The normalized spacial score (nSPS) is 9.59. The van der Waals surface area contributed by atoms with Gasteiger partial charge in [-0.25, -0.2) is 0 Å². The van der Waals surface area contributed by atoms with Gasteiger partial charge in [0, 0.05) is 0 Å². The van der Waals surface area contributed by atoms with Gasteiger partial charge in [-0.1, -0.05) is 75.8 Å². The molecule has 0 unspecified atom stereocenters. The molecule has 0 fully saturated rings. The minimum Gasteiger partial charge on any atom is -0.333 e. The largest absolute Gasteiger partial charge is 0.333 e. The number of aryl methyl sites for hydroxylation is 1. The molecule has 1 heteroatoms. The summed E-state index contributed by atoms with van der Waals surface area (Å²) >= 11 is 0. The predicted octanol–water partition coefficient (Wildman–Crippen LogP) is 4.55. The van der Waals surface area contributed by atoms with E-state index in [4.69, 9.17) is 0 Å². The van der Waals surface area contributed by atoms with Crippen molar-refractivity contribution in [1.82, 2.24) is 0 Å². The number of benzene rings is 1. The van der Waals surface area contributed by atoms with Gasteiger partial charge in [-0.15, -0.1) is 0 Å². The van der Waals surface area contributed by atoms with E-state index in [1.807, 2.05) is 0 Å². The first-order valence-electron chi connectivity index (χ1n) is 7.05. The fourth-order valence-corrected chi connectivity index (χ4v) is 1.93. The Morgan fingerprint density at radius 2 is 1.29 bits per heavy atom. The molecule has 0 atom stereocenters. The Morgan fingerprint density at radius 3 is 1.88 bits per heavy atom. The summed E-state index contributed by atoms with van der Waals surface area (Å²) in [4.78, 5) is 0. The van der Waals surface area contributed by atoms with E-state index in [1.165, 1.54) is 64.0 Å². The molecule has 0 aliphatic rings. The van der Waals surface area contributed by atoms with Crippen LogP contribution in [0.1, 0.15) is 57.4 Å². The Bertz CT molecular complexity index is 231. The van der Waals surface area contributed by atoms with E-state index in [0.29, 0.717) is 0 Å². The third-order valence-corrected chi connectivity index (χ3v) is 2.91. The van der Waals surface area contributed by atoms with Crippen LogP contribution in [-0.2, 0) is 6.42 Å². The fraction of sp³-hybridized carbons (Fsp3) is 0.625. The van der Waals surface area contributed by atoms with Crippen LogP contribution in [0, 0.1) is 0 Å². The highest BCUT2D eigenvalue weighted by Crippen LogP contribution is 2.10. The average Bonchev–Trinajstić information content (AvgIpc) is 2.41. The zero-order valence-corrected chi connectivity index (χ0v) is 11.6. The zero-order valence-electron chi connectivity index (χ0n) is 11.6. The summed E-state index contributed by atoms with van der Waals surface area (Å²) in [5, 5.41) is 0. The van der Waals surface area contributed by atoms with Gasteiger partial charge in [0.1, 0.15) is 0 Å². The van der Waals surface area contributed by atoms with E-state index < -0.39 is 0 Å². The maximum atomic E-state index is 4.50. The number of hydrogen-bond acceptors (Lipinski definition) is 1. The Balaban J connectivity index is 0.00000121. The van der Waals surface area contributed by atoms with Gasteiger partial charge in [-0.3, -0.25) is 0 Å². The number of hydrogen-bond donors (Lipinski definition) is 1. The quantitative estimate of drug-likeness (QED) is 0.657. The summed E-state index contributed by atoms with van der Waals surface area (Å²) in [6.45, 7) is 2.27. The molecule has 17 heavy (non-hydrogen) atoms. The van der Waals surface area contributed by atoms with Crippen LogP contribution in [-0.4, -0.2) is 7.05 Å². The van der Waals surface area contributed by atoms with Crippen molar-refractivity contribution in [2.24, 2.45) is 5.73 Å². The van der Waals surface area contributed by atoms with Gasteiger partial charge < -0.3 is 5.73 Å². The molecule has 2 N–H and O–H groups in total. The summed E-state index contributed by atoms with van der Waals surface area (Å²) in [5.74, 6) is 0. The van der Waals surface area contributed by atoms with Crippen LogP contribution >= 0.6 is 0 Å². The number of rotatable bonds is 8. The van der Waals surface area contributed by atoms with Gasteiger partial charge in [-0.05, 0) is 25.5 Å². The number of nitrogens with two attached hydrogens (primary N) is 1. The molecular formula is C16H29N. The van der Waals surface area contributed by atoms with Crippen LogP contribution in [0.3, 0.4) is 0 Å². The maximum Gasteiger partial charge on any atom is -0.0195 e. The first-order valence-corrected chi connectivity index (χ1v) is 7.05. The molecule has 98 valence electrons. The third-order valence-electron chi connectivity index (χ3n) is 2.91. The van der Waals surface area contributed by atoms with Gasteiger partial charge in [0.05, 0.1) is 0 Å². The van der Waals surface area contributed by atoms with E-state index in [9.17, 15) is 0 Å². The van der Waals surface area contributed by atoms with Crippen molar-refractivity contribution in [2.75, 3.05) is 7.05 Å². The highest BCUT2D eigenvalue weighted by molar-refractivity contribution is 5.14. The second kappa shape index (κ2) is 13.2. The van der Waals surface area contributed by atoms with Crippen molar-refractivity contribution < 1.29 is 0 Å². The van der Waals surface area contributed by atoms with Gasteiger partial charge in [0.15, 0.2) is 0 Å². The Hall–Kier alpha value is -0.820. The van der Waals surface area contributed by atoms with Crippen LogP contribution in [0.25, 0.3) is 0 Å². The smallest absolute Gasteiger partial charge is 0.0195 e. The van der Waals surface area contributed by atoms with Crippen molar-refractivity contribution in [3.63, 3.8) is 0 Å². The molecular weight excluding hydrogens is 206 g/mol. The number of unbranched alkanes of at least 4 members (excludes halogenated alkanes) is 6. The molecule has 1 rings (SSSR count). The summed E-state index contributed by atoms with van der Waals surface area (Å²) in [7, 11) is 1.50. The molecule has 0 heterocycles. The first-order chi connectivity index (χ1) is 8.43. The molecule has 0 saturated heterocycles. The zero-order chi connectivity index (χ0) is 12.8. The van der Waals surface area contributed by atoms with Gasteiger partial charge >= 0.3 is 0 Å². The van der Waals surface area contributed by atoms with Crippen molar-refractivity contribution in [3.8, 4) is 0 Å². The van der Waals surface area contributed by atoms with E-state index in [0.717, 1.165) is 0 Å². The van der Waals surface area contributed by atoms with Gasteiger partial charge in [0.25, 0.3) is 0 Å². The summed E-state index contributed by atoms with van der Waals surface area (Å²) in [5.41, 5.74) is 5.99. The Kier molecular flexibility index (Phi) is 12.6. The standard InChI is InChI=1S/C15H24.CH5N/c1-2-3-4-5-6-7-9-12-15-13-10-8-11-14-15;1-2/h8,10-11,13-14H,2-7,9,12H2,1H3;2H2,1H3. The molecule has 0 radical (unpaired) electrons. The van der Waals surface area contributed by atoms with E-state index in [1.54, 1.807) is 0 Å². The van der Waals surface area contributed by atoms with E-state index in [-0.39, 0.29) is 0 Å². The fourth-order valence-electron chi connectivity index (χ4n) is 1.93.